The van der Waals surface area contributed by atoms with Crippen molar-refractivity contribution in [1.82, 2.24) is 10.2 Å². The lowest BCUT2D eigenvalue weighted by molar-refractivity contribution is -0.140. The number of amides is 2. The van der Waals surface area contributed by atoms with E-state index in [0.29, 0.717) is 22.9 Å². The van der Waals surface area contributed by atoms with Gasteiger partial charge in [-0.2, -0.15) is 0 Å². The lowest BCUT2D eigenvalue weighted by Gasteiger charge is -2.33. The molecular formula is C31H38ClN3O5S. The van der Waals surface area contributed by atoms with Crippen LogP contribution in [0.3, 0.4) is 0 Å². The minimum Gasteiger partial charge on any atom is -0.497 e. The van der Waals surface area contributed by atoms with Crippen LogP contribution in [0.15, 0.2) is 77.7 Å². The Bertz CT molecular complexity index is 1410. The molecule has 0 heterocycles. The maximum atomic E-state index is 14.1. The minimum atomic E-state index is -4.15. The van der Waals surface area contributed by atoms with E-state index in [-0.39, 0.29) is 23.4 Å². The number of rotatable bonds is 13. The van der Waals surface area contributed by atoms with Gasteiger partial charge in [-0.1, -0.05) is 55.3 Å². The molecule has 0 aromatic heterocycles. The quantitative estimate of drug-likeness (QED) is 0.277. The van der Waals surface area contributed by atoms with Crippen LogP contribution in [0.4, 0.5) is 5.69 Å². The summed E-state index contributed by atoms with van der Waals surface area (Å²) in [5.41, 5.74) is 1.96. The Balaban J connectivity index is 2.05. The van der Waals surface area contributed by atoms with Gasteiger partial charge >= 0.3 is 0 Å². The van der Waals surface area contributed by atoms with Crippen molar-refractivity contribution in [3.05, 3.63) is 88.9 Å². The molecule has 1 N–H and O–H groups in total. The summed E-state index contributed by atoms with van der Waals surface area (Å²) in [6, 6.07) is 19.0. The number of carbonyl (C=O) groups is 2. The molecule has 0 aliphatic rings. The third-order valence-electron chi connectivity index (χ3n) is 6.90. The van der Waals surface area contributed by atoms with Crippen LogP contribution in [0.5, 0.6) is 5.75 Å². The average Bonchev–Trinajstić information content (AvgIpc) is 2.96. The highest BCUT2D eigenvalue weighted by atomic mass is 35.5. The van der Waals surface area contributed by atoms with Gasteiger partial charge < -0.3 is 15.0 Å². The number of ether oxygens (including phenoxy) is 1. The number of hydrogen-bond donors (Lipinski definition) is 1. The Morgan fingerprint density at radius 3 is 2.07 bits per heavy atom. The molecule has 41 heavy (non-hydrogen) atoms. The zero-order chi connectivity index (χ0) is 30.2. The standard InChI is InChI=1S/C31H38ClN3O5S/c1-6-23(4)33-31(37)29(7-2)34(20-24-10-12-25(32)13-11-24)30(36)21-35(26-14-16-27(40-5)17-15-26)41(38,39)28-18-8-22(3)9-19-28/h8-19,23,29H,6-7,20-21H2,1-5H3,(H,33,37)/t23-,29-/m0/s1. The normalized spacial score (nSPS) is 12.7. The van der Waals surface area contributed by atoms with Crippen LogP contribution in [-0.2, 0) is 26.2 Å². The maximum absolute atomic E-state index is 14.1. The summed E-state index contributed by atoms with van der Waals surface area (Å²) in [5, 5.41) is 3.51. The molecule has 0 radical (unpaired) electrons. The molecule has 0 spiro atoms. The number of hydrogen-bond acceptors (Lipinski definition) is 5. The summed E-state index contributed by atoms with van der Waals surface area (Å²) in [4.78, 5) is 28.9. The maximum Gasteiger partial charge on any atom is 0.264 e. The largest absolute Gasteiger partial charge is 0.497 e. The highest BCUT2D eigenvalue weighted by Crippen LogP contribution is 2.27. The van der Waals surface area contributed by atoms with Crippen molar-refractivity contribution in [1.29, 1.82) is 0 Å². The highest BCUT2D eigenvalue weighted by Gasteiger charge is 2.34. The summed E-state index contributed by atoms with van der Waals surface area (Å²) in [6.45, 7) is 7.14. The summed E-state index contributed by atoms with van der Waals surface area (Å²) >= 11 is 6.07. The van der Waals surface area contributed by atoms with Crippen molar-refractivity contribution < 1.29 is 22.7 Å². The fourth-order valence-electron chi connectivity index (χ4n) is 4.26. The van der Waals surface area contributed by atoms with Gasteiger partial charge in [0.1, 0.15) is 18.3 Å². The van der Waals surface area contributed by atoms with Gasteiger partial charge in [-0.25, -0.2) is 8.42 Å². The van der Waals surface area contributed by atoms with E-state index in [4.69, 9.17) is 16.3 Å². The molecule has 3 aromatic carbocycles. The monoisotopic (exact) mass is 599 g/mol. The molecule has 2 atom stereocenters. The summed E-state index contributed by atoms with van der Waals surface area (Å²) in [6.07, 6.45) is 1.07. The third-order valence-corrected chi connectivity index (χ3v) is 8.94. The van der Waals surface area contributed by atoms with Crippen molar-refractivity contribution in [2.45, 2.75) is 64.1 Å². The first-order valence-corrected chi connectivity index (χ1v) is 15.4. The van der Waals surface area contributed by atoms with Gasteiger partial charge in [0.15, 0.2) is 0 Å². The number of nitrogens with one attached hydrogen (secondary N) is 1. The molecule has 0 saturated carbocycles. The fraction of sp³-hybridized carbons (Fsp3) is 0.355. The number of nitrogens with zero attached hydrogens (tertiary/aromatic N) is 2. The molecule has 0 unspecified atom stereocenters. The molecule has 8 nitrogen and oxygen atoms in total. The van der Waals surface area contributed by atoms with Crippen LogP contribution in [-0.4, -0.2) is 50.9 Å². The molecule has 0 aliphatic heterocycles. The first-order chi connectivity index (χ1) is 19.5. The summed E-state index contributed by atoms with van der Waals surface area (Å²) in [7, 11) is -2.63. The Morgan fingerprint density at radius 1 is 0.927 bits per heavy atom. The van der Waals surface area contributed by atoms with Crippen LogP contribution in [0.2, 0.25) is 5.02 Å². The van der Waals surface area contributed by atoms with E-state index in [1.807, 2.05) is 27.7 Å². The SMILES string of the molecule is CC[C@H](C)NC(=O)[C@H](CC)N(Cc1ccc(Cl)cc1)C(=O)CN(c1ccc(OC)cc1)S(=O)(=O)c1ccc(C)cc1. The van der Waals surface area contributed by atoms with E-state index in [9.17, 15) is 18.0 Å². The van der Waals surface area contributed by atoms with Crippen LogP contribution in [0.1, 0.15) is 44.7 Å². The van der Waals surface area contributed by atoms with E-state index < -0.39 is 28.5 Å². The number of aryl methyl sites for hydroxylation is 1. The minimum absolute atomic E-state index is 0.0533. The number of methoxy groups -OCH3 is 1. The zero-order valence-electron chi connectivity index (χ0n) is 24.1. The number of benzene rings is 3. The molecule has 0 saturated heterocycles. The van der Waals surface area contributed by atoms with Crippen LogP contribution in [0, 0.1) is 6.92 Å². The van der Waals surface area contributed by atoms with Crippen molar-refractivity contribution in [3.63, 3.8) is 0 Å². The molecule has 220 valence electrons. The van der Waals surface area contributed by atoms with Crippen LogP contribution in [0.25, 0.3) is 0 Å². The van der Waals surface area contributed by atoms with E-state index in [2.05, 4.69) is 5.32 Å². The summed E-state index contributed by atoms with van der Waals surface area (Å²) < 4.78 is 34.2. The number of anilines is 1. The van der Waals surface area contributed by atoms with Gasteiger partial charge in [-0.05, 0) is 80.8 Å². The van der Waals surface area contributed by atoms with Gasteiger partial charge in [0.05, 0.1) is 17.7 Å². The topological polar surface area (TPSA) is 96.0 Å². The van der Waals surface area contributed by atoms with Crippen LogP contribution >= 0.6 is 11.6 Å². The van der Waals surface area contributed by atoms with Crippen molar-refractivity contribution in [2.75, 3.05) is 18.0 Å². The smallest absolute Gasteiger partial charge is 0.264 e. The van der Waals surface area contributed by atoms with Crippen molar-refractivity contribution >= 4 is 39.1 Å². The second-order valence-electron chi connectivity index (χ2n) is 9.91. The van der Waals surface area contributed by atoms with Gasteiger partial charge in [-0.15, -0.1) is 0 Å². The second-order valence-corrected chi connectivity index (χ2v) is 12.2. The Kier molecular flexibility index (Phi) is 11.2. The molecule has 0 aliphatic carbocycles. The Labute approximate surface area is 248 Å². The van der Waals surface area contributed by atoms with Crippen LogP contribution < -0.4 is 14.4 Å². The van der Waals surface area contributed by atoms with Gasteiger partial charge in [0, 0.05) is 17.6 Å². The summed E-state index contributed by atoms with van der Waals surface area (Å²) in [5.74, 6) is -0.260. The Hall–Kier alpha value is -3.56. The number of sulfonamides is 1. The van der Waals surface area contributed by atoms with Gasteiger partial charge in [0.2, 0.25) is 11.8 Å². The van der Waals surface area contributed by atoms with Gasteiger partial charge in [0.25, 0.3) is 10.0 Å². The lowest BCUT2D eigenvalue weighted by atomic mass is 10.1. The van der Waals surface area contributed by atoms with E-state index in [1.54, 1.807) is 60.7 Å². The first kappa shape index (κ1) is 32.0. The fourth-order valence-corrected chi connectivity index (χ4v) is 5.80. The molecule has 3 rings (SSSR count). The second kappa shape index (κ2) is 14.4. The van der Waals surface area contributed by atoms with Crippen molar-refractivity contribution in [3.8, 4) is 5.75 Å². The molecule has 0 fully saturated rings. The molecule has 2 amide bonds. The third kappa shape index (κ3) is 8.24. The average molecular weight is 600 g/mol. The number of carbonyl (C=O) groups excluding carboxylic acids is 2. The predicted octanol–water partition coefficient (Wildman–Crippen LogP) is 5.57. The predicted molar refractivity (Wildman–Crippen MR) is 163 cm³/mol. The highest BCUT2D eigenvalue weighted by molar-refractivity contribution is 7.92. The van der Waals surface area contributed by atoms with Crippen molar-refractivity contribution in [2.24, 2.45) is 0 Å². The zero-order valence-corrected chi connectivity index (χ0v) is 25.7. The molecule has 3 aromatic rings. The molecular weight excluding hydrogens is 562 g/mol. The van der Waals surface area contributed by atoms with E-state index >= 15 is 0 Å². The van der Waals surface area contributed by atoms with E-state index in [1.165, 1.54) is 24.1 Å². The lowest BCUT2D eigenvalue weighted by Crippen LogP contribution is -2.53. The van der Waals surface area contributed by atoms with Gasteiger partial charge in [-0.3, -0.25) is 13.9 Å². The Morgan fingerprint density at radius 2 is 1.54 bits per heavy atom. The first-order valence-electron chi connectivity index (χ1n) is 13.6. The molecule has 10 heteroatoms. The van der Waals surface area contributed by atoms with E-state index in [0.717, 1.165) is 21.9 Å². The molecule has 0 bridgehead atoms. The number of halogens is 1.